The number of hydrogen-bond acceptors (Lipinski definition) is 2. The lowest BCUT2D eigenvalue weighted by Gasteiger charge is -2.22. The van der Waals surface area contributed by atoms with Crippen LogP contribution >= 0.6 is 0 Å². The molecule has 1 aliphatic heterocycles. The van der Waals surface area contributed by atoms with E-state index < -0.39 is 12.2 Å². The fraction of sp³-hybridized carbons (Fsp3) is 0.571. The number of anilines is 1. The van der Waals surface area contributed by atoms with Crippen molar-refractivity contribution in [3.63, 3.8) is 0 Å². The molecule has 0 aromatic heterocycles. The molecule has 106 valence electrons. The number of hydrogen-bond donors (Lipinski definition) is 2. The average Bonchev–Trinajstić information content (AvgIpc) is 2.41. The molecular formula is C14H19F3N2. The van der Waals surface area contributed by atoms with E-state index in [-0.39, 0.29) is 5.56 Å². The highest BCUT2D eigenvalue weighted by atomic mass is 19.3. The van der Waals surface area contributed by atoms with E-state index in [2.05, 4.69) is 10.6 Å². The van der Waals surface area contributed by atoms with Gasteiger partial charge in [-0.3, -0.25) is 0 Å². The number of piperidine rings is 1. The Balaban J connectivity index is 1.82. The minimum absolute atomic E-state index is 0.276. The van der Waals surface area contributed by atoms with E-state index in [1.54, 1.807) is 0 Å². The lowest BCUT2D eigenvalue weighted by molar-refractivity contribution is 0.151. The molecule has 0 radical (unpaired) electrons. The van der Waals surface area contributed by atoms with E-state index in [0.29, 0.717) is 18.2 Å². The normalized spacial score (nSPS) is 16.8. The van der Waals surface area contributed by atoms with Gasteiger partial charge in [-0.25, -0.2) is 13.2 Å². The van der Waals surface area contributed by atoms with E-state index in [1.807, 2.05) is 0 Å². The Morgan fingerprint density at radius 2 is 2.00 bits per heavy atom. The molecular weight excluding hydrogens is 253 g/mol. The summed E-state index contributed by atoms with van der Waals surface area (Å²) >= 11 is 0. The zero-order valence-electron chi connectivity index (χ0n) is 10.8. The quantitative estimate of drug-likeness (QED) is 0.856. The summed E-state index contributed by atoms with van der Waals surface area (Å²) in [5, 5.41) is 6.28. The maximum absolute atomic E-state index is 13.6. The average molecular weight is 272 g/mol. The van der Waals surface area contributed by atoms with Gasteiger partial charge in [0, 0.05) is 12.1 Å². The van der Waals surface area contributed by atoms with Crippen LogP contribution in [0.2, 0.25) is 0 Å². The van der Waals surface area contributed by atoms with Gasteiger partial charge >= 0.3 is 0 Å². The van der Waals surface area contributed by atoms with Crippen molar-refractivity contribution in [1.29, 1.82) is 0 Å². The van der Waals surface area contributed by atoms with Gasteiger partial charge in [-0.15, -0.1) is 0 Å². The standard InChI is InChI=1S/C14H19F3N2/c15-12-9-11(14(16)17)1-2-13(12)19-8-5-10-3-6-18-7-4-10/h1-2,9-10,14,18-19H,3-8H2. The highest BCUT2D eigenvalue weighted by molar-refractivity contribution is 5.46. The molecule has 5 heteroatoms. The van der Waals surface area contributed by atoms with Crippen molar-refractivity contribution in [2.24, 2.45) is 5.92 Å². The van der Waals surface area contributed by atoms with Gasteiger partial charge in [0.25, 0.3) is 6.43 Å². The minimum Gasteiger partial charge on any atom is -0.383 e. The third-order valence-corrected chi connectivity index (χ3v) is 3.57. The van der Waals surface area contributed by atoms with Gasteiger partial charge in [0.1, 0.15) is 5.82 Å². The van der Waals surface area contributed by atoms with Crippen LogP contribution in [0.25, 0.3) is 0 Å². The first-order chi connectivity index (χ1) is 9.16. The number of nitrogens with one attached hydrogen (secondary N) is 2. The summed E-state index contributed by atoms with van der Waals surface area (Å²) < 4.78 is 38.3. The molecule has 1 aromatic carbocycles. The van der Waals surface area contributed by atoms with Gasteiger partial charge in [-0.2, -0.15) is 0 Å². The summed E-state index contributed by atoms with van der Waals surface area (Å²) in [5.74, 6) is 0.0558. The molecule has 1 fully saturated rings. The van der Waals surface area contributed by atoms with Gasteiger partial charge in [-0.1, -0.05) is 6.07 Å². The Morgan fingerprint density at radius 3 is 2.63 bits per heavy atom. The molecule has 2 nitrogen and oxygen atoms in total. The monoisotopic (exact) mass is 272 g/mol. The molecule has 1 saturated heterocycles. The number of benzene rings is 1. The second-order valence-corrected chi connectivity index (χ2v) is 4.95. The summed E-state index contributed by atoms with van der Waals surface area (Å²) in [6.45, 7) is 2.76. The summed E-state index contributed by atoms with van der Waals surface area (Å²) in [4.78, 5) is 0. The Kier molecular flexibility index (Phi) is 5.07. The maximum atomic E-state index is 13.6. The van der Waals surface area contributed by atoms with Crippen LogP contribution in [0.1, 0.15) is 31.3 Å². The number of halogens is 3. The Labute approximate surface area is 111 Å². The van der Waals surface area contributed by atoms with Gasteiger partial charge < -0.3 is 10.6 Å². The zero-order valence-corrected chi connectivity index (χ0v) is 10.8. The van der Waals surface area contributed by atoms with Crippen LogP contribution in [-0.2, 0) is 0 Å². The maximum Gasteiger partial charge on any atom is 0.263 e. The third kappa shape index (κ3) is 4.13. The summed E-state index contributed by atoms with van der Waals surface area (Å²) in [5.41, 5.74) is 0.0275. The number of alkyl halides is 2. The van der Waals surface area contributed by atoms with Crippen LogP contribution in [0, 0.1) is 11.7 Å². The Bertz CT molecular complexity index is 404. The van der Waals surface area contributed by atoms with Crippen molar-refractivity contribution in [1.82, 2.24) is 5.32 Å². The second kappa shape index (κ2) is 6.80. The first-order valence-electron chi connectivity index (χ1n) is 6.69. The fourth-order valence-electron chi connectivity index (χ4n) is 2.39. The smallest absolute Gasteiger partial charge is 0.263 e. The van der Waals surface area contributed by atoms with Crippen LogP contribution in [0.3, 0.4) is 0 Å². The summed E-state index contributed by atoms with van der Waals surface area (Å²) in [6, 6.07) is 3.55. The van der Waals surface area contributed by atoms with Crippen molar-refractivity contribution in [3.8, 4) is 0 Å². The van der Waals surface area contributed by atoms with Crippen LogP contribution in [-0.4, -0.2) is 19.6 Å². The minimum atomic E-state index is -2.63. The molecule has 0 unspecified atom stereocenters. The SMILES string of the molecule is Fc1cc(C(F)F)ccc1NCCC1CCNCC1. The summed E-state index contributed by atoms with van der Waals surface area (Å²) in [7, 11) is 0. The molecule has 0 aliphatic carbocycles. The largest absolute Gasteiger partial charge is 0.383 e. The molecule has 1 aromatic rings. The molecule has 2 N–H and O–H groups in total. The van der Waals surface area contributed by atoms with Gasteiger partial charge in [0.05, 0.1) is 5.69 Å². The molecule has 19 heavy (non-hydrogen) atoms. The van der Waals surface area contributed by atoms with E-state index in [0.717, 1.165) is 38.4 Å². The van der Waals surface area contributed by atoms with Crippen molar-refractivity contribution in [2.75, 3.05) is 25.0 Å². The first kappa shape index (κ1) is 14.2. The van der Waals surface area contributed by atoms with Crippen LogP contribution in [0.4, 0.5) is 18.9 Å². The van der Waals surface area contributed by atoms with Crippen LogP contribution in [0.15, 0.2) is 18.2 Å². The molecule has 2 rings (SSSR count). The molecule has 1 aliphatic rings. The first-order valence-corrected chi connectivity index (χ1v) is 6.69. The molecule has 0 bridgehead atoms. The summed E-state index contributed by atoms with van der Waals surface area (Å²) in [6.07, 6.45) is 0.652. The molecule has 0 atom stereocenters. The van der Waals surface area contributed by atoms with Crippen LogP contribution < -0.4 is 10.6 Å². The molecule has 0 amide bonds. The zero-order chi connectivity index (χ0) is 13.7. The van der Waals surface area contributed by atoms with Gasteiger partial charge in [0.15, 0.2) is 0 Å². The van der Waals surface area contributed by atoms with Crippen molar-refractivity contribution < 1.29 is 13.2 Å². The topological polar surface area (TPSA) is 24.1 Å². The van der Waals surface area contributed by atoms with Crippen LogP contribution in [0.5, 0.6) is 0 Å². The Morgan fingerprint density at radius 1 is 1.26 bits per heavy atom. The van der Waals surface area contributed by atoms with E-state index >= 15 is 0 Å². The van der Waals surface area contributed by atoms with Gasteiger partial charge in [-0.05, 0) is 50.4 Å². The van der Waals surface area contributed by atoms with Gasteiger partial charge in [0.2, 0.25) is 0 Å². The lowest BCUT2D eigenvalue weighted by Crippen LogP contribution is -2.28. The fourth-order valence-corrected chi connectivity index (χ4v) is 2.39. The van der Waals surface area contributed by atoms with E-state index in [1.165, 1.54) is 12.1 Å². The van der Waals surface area contributed by atoms with E-state index in [4.69, 9.17) is 0 Å². The lowest BCUT2D eigenvalue weighted by atomic mass is 9.95. The Hall–Kier alpha value is -1.23. The molecule has 1 heterocycles. The van der Waals surface area contributed by atoms with Crippen molar-refractivity contribution >= 4 is 5.69 Å². The molecule has 0 spiro atoms. The third-order valence-electron chi connectivity index (χ3n) is 3.57. The van der Waals surface area contributed by atoms with E-state index in [9.17, 15) is 13.2 Å². The highest BCUT2D eigenvalue weighted by Crippen LogP contribution is 2.24. The second-order valence-electron chi connectivity index (χ2n) is 4.95. The highest BCUT2D eigenvalue weighted by Gasteiger charge is 2.13. The molecule has 0 saturated carbocycles. The predicted octanol–water partition coefficient (Wildman–Crippen LogP) is 3.56. The van der Waals surface area contributed by atoms with Crippen molar-refractivity contribution in [3.05, 3.63) is 29.6 Å². The van der Waals surface area contributed by atoms with Crippen molar-refractivity contribution in [2.45, 2.75) is 25.7 Å². The predicted molar refractivity (Wildman–Crippen MR) is 70.1 cm³/mol. The number of rotatable bonds is 5.